The van der Waals surface area contributed by atoms with Gasteiger partial charge >= 0.3 is 0 Å². The second kappa shape index (κ2) is 23.2. The van der Waals surface area contributed by atoms with E-state index < -0.39 is 0 Å². The van der Waals surface area contributed by atoms with Gasteiger partial charge in [0.2, 0.25) is 0 Å². The van der Waals surface area contributed by atoms with Crippen LogP contribution in [0.4, 0.5) is 0 Å². The van der Waals surface area contributed by atoms with Crippen LogP contribution in [0, 0.1) is 22.7 Å². The predicted octanol–water partition coefficient (Wildman–Crippen LogP) is 3.73. The van der Waals surface area contributed by atoms with Gasteiger partial charge in [0.25, 0.3) is 0 Å². The summed E-state index contributed by atoms with van der Waals surface area (Å²) in [5.74, 6) is 0. The number of nitrogens with zero attached hydrogens (tertiary/aromatic N) is 2. The molecule has 0 saturated heterocycles. The summed E-state index contributed by atoms with van der Waals surface area (Å²) in [5.41, 5.74) is 0. The quantitative estimate of drug-likeness (QED) is 0.504. The van der Waals surface area contributed by atoms with Crippen LogP contribution in [0.15, 0.2) is 24.3 Å². The van der Waals surface area contributed by atoms with E-state index in [-0.39, 0.29) is 19.5 Å². The normalized spacial score (nSPS) is 13.9. The predicted molar refractivity (Wildman–Crippen MR) is 59.3 cm³/mol. The van der Waals surface area contributed by atoms with E-state index in [1.54, 1.807) is 12.1 Å². The molecule has 0 fully saturated rings. The van der Waals surface area contributed by atoms with Crippen molar-refractivity contribution in [1.82, 2.24) is 0 Å². The zero-order valence-corrected chi connectivity index (χ0v) is 11.0. The molecule has 0 N–H and O–H groups in total. The Hall–Kier alpha value is -0.917. The van der Waals surface area contributed by atoms with Gasteiger partial charge in [0.05, 0.1) is 12.1 Å². The zero-order chi connectivity index (χ0) is 11.1. The van der Waals surface area contributed by atoms with Gasteiger partial charge in [-0.15, -0.1) is 0 Å². The molecule has 85 valence electrons. The molecule has 0 aromatic rings. The summed E-state index contributed by atoms with van der Waals surface area (Å²) in [6, 6.07) is 3.50. The van der Waals surface area contributed by atoms with Gasteiger partial charge in [-0.25, -0.2) is 0 Å². The molecule has 1 rings (SSSR count). The first-order chi connectivity index (χ1) is 6.83. The molecule has 0 aliphatic heterocycles. The summed E-state index contributed by atoms with van der Waals surface area (Å²) in [7, 11) is 0. The average molecular weight is 293 g/mol. The second-order valence-corrected chi connectivity index (χ2v) is 2.54. The van der Waals surface area contributed by atoms with Crippen molar-refractivity contribution in [2.45, 2.75) is 39.5 Å². The standard InChI is InChI=1S/C8H12.2C2H3N.Rh/c1-2-4-6-8-7-5-3-1;2*1-2-3;/h1-2,7-8H,3-6H2;2*1H3;/b2-1-,8-7?;;;. The molecule has 1 radical (unpaired) electrons. The molecule has 0 aromatic carbocycles. The molecule has 0 spiro atoms. The first-order valence-corrected chi connectivity index (χ1v) is 4.75. The topological polar surface area (TPSA) is 47.6 Å². The Bertz CT molecular complexity index is 193. The Balaban J connectivity index is -0.000000177. The van der Waals surface area contributed by atoms with Crippen molar-refractivity contribution >= 4 is 0 Å². The maximum absolute atomic E-state index is 7.32. The van der Waals surface area contributed by atoms with Gasteiger partial charge < -0.3 is 0 Å². The van der Waals surface area contributed by atoms with Gasteiger partial charge in [0.15, 0.2) is 0 Å². The Morgan fingerprint density at radius 3 is 1.00 bits per heavy atom. The van der Waals surface area contributed by atoms with Crippen molar-refractivity contribution in [1.29, 1.82) is 10.5 Å². The monoisotopic (exact) mass is 293 g/mol. The summed E-state index contributed by atoms with van der Waals surface area (Å²) in [4.78, 5) is 0. The van der Waals surface area contributed by atoms with Crippen molar-refractivity contribution in [3.63, 3.8) is 0 Å². The van der Waals surface area contributed by atoms with Crippen LogP contribution in [0.5, 0.6) is 0 Å². The van der Waals surface area contributed by atoms with Crippen molar-refractivity contribution in [3.8, 4) is 12.1 Å². The first kappa shape index (κ1) is 19.6. The van der Waals surface area contributed by atoms with Gasteiger partial charge in [-0.05, 0) is 25.7 Å². The van der Waals surface area contributed by atoms with E-state index in [9.17, 15) is 0 Å². The minimum atomic E-state index is 0. The Labute approximate surface area is 106 Å². The molecule has 0 amide bonds. The van der Waals surface area contributed by atoms with E-state index in [4.69, 9.17) is 10.5 Å². The van der Waals surface area contributed by atoms with Crippen LogP contribution in [0.2, 0.25) is 0 Å². The largest absolute Gasteiger partial charge is 0.199 e. The summed E-state index contributed by atoms with van der Waals surface area (Å²) in [5, 5.41) is 14.6. The summed E-state index contributed by atoms with van der Waals surface area (Å²) in [6.07, 6.45) is 14.0. The molecule has 2 nitrogen and oxygen atoms in total. The fourth-order valence-electron chi connectivity index (χ4n) is 0.856. The Kier molecular flexibility index (Phi) is 30.3. The van der Waals surface area contributed by atoms with Crippen molar-refractivity contribution in [3.05, 3.63) is 24.3 Å². The van der Waals surface area contributed by atoms with Crippen LogP contribution >= 0.6 is 0 Å². The van der Waals surface area contributed by atoms with E-state index >= 15 is 0 Å². The molecule has 0 unspecified atom stereocenters. The maximum atomic E-state index is 7.32. The minimum Gasteiger partial charge on any atom is -0.199 e. The molecular weight excluding hydrogens is 275 g/mol. The number of hydrogen-bond donors (Lipinski definition) is 0. The molecule has 0 heterocycles. The molecule has 15 heavy (non-hydrogen) atoms. The van der Waals surface area contributed by atoms with Gasteiger partial charge in [0, 0.05) is 33.3 Å². The molecular formula is C12H18N2Rh. The minimum absolute atomic E-state index is 0. The second-order valence-electron chi connectivity index (χ2n) is 2.54. The van der Waals surface area contributed by atoms with Gasteiger partial charge in [0.1, 0.15) is 0 Å². The van der Waals surface area contributed by atoms with Crippen LogP contribution in [0.3, 0.4) is 0 Å². The molecule has 0 bridgehead atoms. The third-order valence-corrected chi connectivity index (χ3v) is 1.33. The van der Waals surface area contributed by atoms with Crippen LogP contribution in [-0.2, 0) is 19.5 Å². The first-order valence-electron chi connectivity index (χ1n) is 4.75. The maximum Gasteiger partial charge on any atom is 0.0587 e. The number of nitriles is 2. The van der Waals surface area contributed by atoms with Gasteiger partial charge in [-0.2, -0.15) is 10.5 Å². The van der Waals surface area contributed by atoms with E-state index in [1.807, 2.05) is 0 Å². The molecule has 0 aromatic heterocycles. The summed E-state index contributed by atoms with van der Waals surface area (Å²) in [6.45, 7) is 2.86. The van der Waals surface area contributed by atoms with Crippen LogP contribution in [-0.4, -0.2) is 0 Å². The molecule has 1 aliphatic rings. The smallest absolute Gasteiger partial charge is 0.0587 e. The van der Waals surface area contributed by atoms with E-state index in [0.29, 0.717) is 0 Å². The number of hydrogen-bond acceptors (Lipinski definition) is 2. The van der Waals surface area contributed by atoms with Gasteiger partial charge in [-0.1, -0.05) is 24.3 Å². The van der Waals surface area contributed by atoms with E-state index in [0.717, 1.165) is 0 Å². The third kappa shape index (κ3) is 32.0. The van der Waals surface area contributed by atoms with Crippen LogP contribution in [0.1, 0.15) is 39.5 Å². The van der Waals surface area contributed by atoms with Crippen LogP contribution < -0.4 is 0 Å². The summed E-state index contributed by atoms with van der Waals surface area (Å²) < 4.78 is 0. The molecule has 0 saturated carbocycles. The Morgan fingerprint density at radius 2 is 0.867 bits per heavy atom. The van der Waals surface area contributed by atoms with E-state index in [2.05, 4.69) is 24.3 Å². The molecule has 3 heteroatoms. The van der Waals surface area contributed by atoms with Gasteiger partial charge in [-0.3, -0.25) is 0 Å². The SMILES string of the molecule is C1=CCC/C=C\CC1.CC#N.CC#N.[Rh]. The van der Waals surface area contributed by atoms with Crippen molar-refractivity contribution in [2.24, 2.45) is 0 Å². The van der Waals surface area contributed by atoms with E-state index in [1.165, 1.54) is 39.5 Å². The zero-order valence-electron chi connectivity index (χ0n) is 9.37. The average Bonchev–Trinajstić information content (AvgIpc) is 2.04. The van der Waals surface area contributed by atoms with Crippen LogP contribution in [0.25, 0.3) is 0 Å². The van der Waals surface area contributed by atoms with Crippen molar-refractivity contribution in [2.75, 3.05) is 0 Å². The molecule has 0 atom stereocenters. The Morgan fingerprint density at radius 1 is 0.733 bits per heavy atom. The fraction of sp³-hybridized carbons (Fsp3) is 0.500. The summed E-state index contributed by atoms with van der Waals surface area (Å²) >= 11 is 0. The molecule has 1 aliphatic carbocycles. The number of allylic oxidation sites excluding steroid dienone is 4. The third-order valence-electron chi connectivity index (χ3n) is 1.33. The fourth-order valence-corrected chi connectivity index (χ4v) is 0.856. The van der Waals surface area contributed by atoms with Crippen molar-refractivity contribution < 1.29 is 19.5 Å². The number of rotatable bonds is 0.